The molecule has 1 unspecified atom stereocenters. The highest BCUT2D eigenvalue weighted by Gasteiger charge is 2.44. The second-order valence-electron chi connectivity index (χ2n) is 5.57. The molecule has 104 valence electrons. The van der Waals surface area contributed by atoms with E-state index in [0.29, 0.717) is 25.9 Å². The average molecular weight is 263 g/mol. The third-order valence-corrected chi connectivity index (χ3v) is 4.34. The topological polar surface area (TPSA) is 73.2 Å². The van der Waals surface area contributed by atoms with E-state index < -0.39 is 11.5 Å². The minimum atomic E-state index is -0.900. The maximum absolute atomic E-state index is 12.7. The van der Waals surface area contributed by atoms with Gasteiger partial charge in [-0.05, 0) is 19.8 Å². The molecular formula is C14H21N3O2. The summed E-state index contributed by atoms with van der Waals surface area (Å²) in [6.45, 7) is 2.72. The van der Waals surface area contributed by atoms with Gasteiger partial charge in [-0.25, -0.2) is 0 Å². The molecule has 1 atom stereocenters. The molecule has 1 aliphatic carbocycles. The van der Waals surface area contributed by atoms with Crippen LogP contribution in [0.4, 0.5) is 0 Å². The molecule has 19 heavy (non-hydrogen) atoms. The molecule has 2 aliphatic rings. The van der Waals surface area contributed by atoms with Crippen molar-refractivity contribution in [3.8, 4) is 6.07 Å². The number of hydrogen-bond donors (Lipinski definition) is 1. The molecule has 0 aromatic carbocycles. The molecule has 2 fully saturated rings. The summed E-state index contributed by atoms with van der Waals surface area (Å²) in [6.07, 6.45) is 5.29. The SMILES string of the molecule is CC1C(=O)NCCN1C(=O)C1(C#N)CCCCCC1. The molecular weight excluding hydrogens is 242 g/mol. The van der Waals surface area contributed by atoms with Crippen molar-refractivity contribution in [2.75, 3.05) is 13.1 Å². The van der Waals surface area contributed by atoms with Crippen LogP contribution in [-0.4, -0.2) is 35.8 Å². The average Bonchev–Trinajstić information content (AvgIpc) is 2.67. The highest BCUT2D eigenvalue weighted by Crippen LogP contribution is 2.36. The third kappa shape index (κ3) is 2.58. The van der Waals surface area contributed by atoms with Gasteiger partial charge in [0.05, 0.1) is 6.07 Å². The van der Waals surface area contributed by atoms with Crippen LogP contribution in [0.1, 0.15) is 45.4 Å². The van der Waals surface area contributed by atoms with Crippen molar-refractivity contribution in [2.24, 2.45) is 5.41 Å². The van der Waals surface area contributed by atoms with Gasteiger partial charge in [-0.2, -0.15) is 5.26 Å². The Kier molecular flexibility index (Phi) is 4.08. The minimum Gasteiger partial charge on any atom is -0.353 e. The van der Waals surface area contributed by atoms with E-state index in [9.17, 15) is 14.9 Å². The van der Waals surface area contributed by atoms with Gasteiger partial charge in [-0.15, -0.1) is 0 Å². The van der Waals surface area contributed by atoms with Crippen molar-refractivity contribution in [2.45, 2.75) is 51.5 Å². The van der Waals surface area contributed by atoms with Crippen molar-refractivity contribution in [1.82, 2.24) is 10.2 Å². The first-order valence-electron chi connectivity index (χ1n) is 7.11. The monoisotopic (exact) mass is 263 g/mol. The number of rotatable bonds is 1. The normalized spacial score (nSPS) is 27.1. The molecule has 0 aromatic heterocycles. The van der Waals surface area contributed by atoms with E-state index >= 15 is 0 Å². The lowest BCUT2D eigenvalue weighted by Crippen LogP contribution is -2.59. The Labute approximate surface area is 113 Å². The standard InChI is InChI=1S/C14H21N3O2/c1-11-12(18)16-8-9-17(11)13(19)14(10-15)6-4-2-3-5-7-14/h11H,2-9H2,1H3,(H,16,18). The predicted molar refractivity (Wildman–Crippen MR) is 69.9 cm³/mol. The molecule has 0 bridgehead atoms. The third-order valence-electron chi connectivity index (χ3n) is 4.34. The fraction of sp³-hybridized carbons (Fsp3) is 0.786. The number of nitrogens with one attached hydrogen (secondary N) is 1. The Morgan fingerprint density at radius 1 is 1.37 bits per heavy atom. The summed E-state index contributed by atoms with van der Waals surface area (Å²) in [6, 6.07) is 1.80. The van der Waals surface area contributed by atoms with E-state index in [4.69, 9.17) is 0 Å². The summed E-state index contributed by atoms with van der Waals surface area (Å²) < 4.78 is 0. The Balaban J connectivity index is 2.20. The van der Waals surface area contributed by atoms with Crippen LogP contribution in [0, 0.1) is 16.7 Å². The summed E-state index contributed by atoms with van der Waals surface area (Å²) in [5.74, 6) is -0.263. The highest BCUT2D eigenvalue weighted by molar-refractivity contribution is 5.92. The molecule has 5 nitrogen and oxygen atoms in total. The zero-order chi connectivity index (χ0) is 13.9. The number of nitrogens with zero attached hydrogens (tertiary/aromatic N) is 2. The van der Waals surface area contributed by atoms with E-state index in [1.165, 1.54) is 0 Å². The van der Waals surface area contributed by atoms with Crippen molar-refractivity contribution >= 4 is 11.8 Å². The number of nitriles is 1. The summed E-state index contributed by atoms with van der Waals surface area (Å²) in [5, 5.41) is 12.3. The first-order valence-corrected chi connectivity index (χ1v) is 7.11. The van der Waals surface area contributed by atoms with Crippen LogP contribution in [0.2, 0.25) is 0 Å². The van der Waals surface area contributed by atoms with Crippen LogP contribution in [-0.2, 0) is 9.59 Å². The Hall–Kier alpha value is -1.57. The summed E-state index contributed by atoms with van der Waals surface area (Å²) in [5.41, 5.74) is -0.900. The van der Waals surface area contributed by atoms with Gasteiger partial charge in [0, 0.05) is 13.1 Å². The van der Waals surface area contributed by atoms with Crippen LogP contribution >= 0.6 is 0 Å². The molecule has 2 rings (SSSR count). The maximum Gasteiger partial charge on any atom is 0.243 e. The van der Waals surface area contributed by atoms with Crippen LogP contribution in [0.5, 0.6) is 0 Å². The quantitative estimate of drug-likeness (QED) is 0.722. The molecule has 1 saturated heterocycles. The van der Waals surface area contributed by atoms with Crippen molar-refractivity contribution in [1.29, 1.82) is 5.26 Å². The minimum absolute atomic E-state index is 0.124. The van der Waals surface area contributed by atoms with Gasteiger partial charge < -0.3 is 10.2 Å². The second-order valence-corrected chi connectivity index (χ2v) is 5.57. The van der Waals surface area contributed by atoms with E-state index in [-0.39, 0.29) is 11.8 Å². The zero-order valence-electron chi connectivity index (χ0n) is 11.4. The first-order chi connectivity index (χ1) is 9.10. The van der Waals surface area contributed by atoms with Gasteiger partial charge in [0.15, 0.2) is 0 Å². The number of amides is 2. The van der Waals surface area contributed by atoms with E-state index in [2.05, 4.69) is 11.4 Å². The van der Waals surface area contributed by atoms with Gasteiger partial charge >= 0.3 is 0 Å². The van der Waals surface area contributed by atoms with Crippen LogP contribution in [0.25, 0.3) is 0 Å². The molecule has 1 aliphatic heterocycles. The van der Waals surface area contributed by atoms with Crippen molar-refractivity contribution in [3.63, 3.8) is 0 Å². The van der Waals surface area contributed by atoms with Gasteiger partial charge in [0.25, 0.3) is 0 Å². The van der Waals surface area contributed by atoms with E-state index in [1.54, 1.807) is 11.8 Å². The smallest absolute Gasteiger partial charge is 0.243 e. The molecule has 2 amide bonds. The summed E-state index contributed by atoms with van der Waals surface area (Å²) >= 11 is 0. The fourth-order valence-electron chi connectivity index (χ4n) is 3.04. The van der Waals surface area contributed by atoms with Crippen molar-refractivity contribution < 1.29 is 9.59 Å². The van der Waals surface area contributed by atoms with Gasteiger partial charge in [0.2, 0.25) is 11.8 Å². The lowest BCUT2D eigenvalue weighted by atomic mass is 9.80. The highest BCUT2D eigenvalue weighted by atomic mass is 16.2. The van der Waals surface area contributed by atoms with E-state index in [0.717, 1.165) is 25.7 Å². The predicted octanol–water partition coefficient (Wildman–Crippen LogP) is 1.20. The number of hydrogen-bond acceptors (Lipinski definition) is 3. The summed E-state index contributed by atoms with van der Waals surface area (Å²) in [4.78, 5) is 26.0. The fourth-order valence-corrected chi connectivity index (χ4v) is 3.04. The van der Waals surface area contributed by atoms with Crippen molar-refractivity contribution in [3.05, 3.63) is 0 Å². The van der Waals surface area contributed by atoms with Crippen LogP contribution in [0.15, 0.2) is 0 Å². The van der Waals surface area contributed by atoms with E-state index in [1.807, 2.05) is 0 Å². The number of piperazine rings is 1. The van der Waals surface area contributed by atoms with Crippen LogP contribution in [0.3, 0.4) is 0 Å². The molecule has 1 N–H and O–H groups in total. The lowest BCUT2D eigenvalue weighted by Gasteiger charge is -2.38. The lowest BCUT2D eigenvalue weighted by molar-refractivity contribution is -0.148. The molecule has 1 heterocycles. The maximum atomic E-state index is 12.7. The van der Waals surface area contributed by atoms with Gasteiger partial charge in [0.1, 0.15) is 11.5 Å². The van der Waals surface area contributed by atoms with Gasteiger partial charge in [-0.1, -0.05) is 25.7 Å². The molecule has 0 aromatic rings. The second kappa shape index (κ2) is 5.60. The number of carbonyl (C=O) groups is 2. The van der Waals surface area contributed by atoms with Crippen LogP contribution < -0.4 is 5.32 Å². The van der Waals surface area contributed by atoms with Gasteiger partial charge in [-0.3, -0.25) is 9.59 Å². The molecule has 1 saturated carbocycles. The summed E-state index contributed by atoms with van der Waals surface area (Å²) in [7, 11) is 0. The Morgan fingerprint density at radius 2 is 2.00 bits per heavy atom. The molecule has 5 heteroatoms. The first kappa shape index (κ1) is 13.9. The Bertz CT molecular complexity index is 405. The number of carbonyl (C=O) groups excluding carboxylic acids is 2. The Morgan fingerprint density at radius 3 is 2.58 bits per heavy atom. The largest absolute Gasteiger partial charge is 0.353 e. The zero-order valence-corrected chi connectivity index (χ0v) is 11.4. The molecule has 0 radical (unpaired) electrons. The molecule has 0 spiro atoms.